The van der Waals surface area contributed by atoms with E-state index in [2.05, 4.69) is 10.3 Å². The van der Waals surface area contributed by atoms with Crippen LogP contribution in [0.15, 0.2) is 61.2 Å². The molecule has 0 unspecified atom stereocenters. The van der Waals surface area contributed by atoms with Crippen molar-refractivity contribution >= 4 is 22.6 Å². The maximum Gasteiger partial charge on any atom is 0.227 e. The van der Waals surface area contributed by atoms with E-state index in [1.165, 1.54) is 0 Å². The van der Waals surface area contributed by atoms with Crippen molar-refractivity contribution in [2.75, 3.05) is 12.4 Å². The lowest BCUT2D eigenvalue weighted by molar-refractivity contribution is -0.116. The van der Waals surface area contributed by atoms with Gasteiger partial charge >= 0.3 is 0 Å². The number of hydrogen-bond acceptors (Lipinski definition) is 5. The summed E-state index contributed by atoms with van der Waals surface area (Å²) in [7, 11) is 1.63. The molecule has 160 valence electrons. The maximum atomic E-state index is 12.7. The number of aromatic nitrogens is 4. The highest BCUT2D eigenvalue weighted by molar-refractivity contribution is 6.03. The van der Waals surface area contributed by atoms with Crippen LogP contribution in [0.4, 0.5) is 5.82 Å². The molecule has 0 fully saturated rings. The Labute approximate surface area is 180 Å². The Morgan fingerprint density at radius 3 is 2.65 bits per heavy atom. The first kappa shape index (κ1) is 20.5. The summed E-state index contributed by atoms with van der Waals surface area (Å²) in [4.78, 5) is 16.7. The molecule has 2 heterocycles. The van der Waals surface area contributed by atoms with E-state index in [0.29, 0.717) is 24.5 Å². The molecule has 31 heavy (non-hydrogen) atoms. The highest BCUT2D eigenvalue weighted by Gasteiger charge is 2.19. The quantitative estimate of drug-likeness (QED) is 0.466. The van der Waals surface area contributed by atoms with Gasteiger partial charge < -0.3 is 19.4 Å². The minimum absolute atomic E-state index is 0.0141. The SMILES string of the molecule is COc1ccc(-n2nc(NC(=O)CCn3ccnc3)c3c(OC(C)C)cccc32)cc1. The van der Waals surface area contributed by atoms with Crippen molar-refractivity contribution in [1.29, 1.82) is 0 Å². The molecule has 0 aliphatic rings. The van der Waals surface area contributed by atoms with E-state index < -0.39 is 0 Å². The molecule has 0 saturated heterocycles. The number of nitrogens with zero attached hydrogens (tertiary/aromatic N) is 4. The van der Waals surface area contributed by atoms with Gasteiger partial charge in [0, 0.05) is 25.4 Å². The Bertz CT molecular complexity index is 1160. The number of amides is 1. The van der Waals surface area contributed by atoms with Crippen LogP contribution in [0.5, 0.6) is 11.5 Å². The number of ether oxygens (including phenoxy) is 2. The third-order valence-electron chi connectivity index (χ3n) is 4.76. The number of benzene rings is 2. The lowest BCUT2D eigenvalue weighted by Crippen LogP contribution is -2.15. The van der Waals surface area contributed by atoms with E-state index in [9.17, 15) is 4.79 Å². The monoisotopic (exact) mass is 419 g/mol. The van der Waals surface area contributed by atoms with Crippen molar-refractivity contribution in [2.45, 2.75) is 32.9 Å². The normalized spacial score (nSPS) is 11.1. The van der Waals surface area contributed by atoms with Gasteiger partial charge in [-0.15, -0.1) is 5.10 Å². The number of imidazole rings is 1. The lowest BCUT2D eigenvalue weighted by atomic mass is 10.2. The molecule has 4 aromatic rings. The van der Waals surface area contributed by atoms with Gasteiger partial charge in [-0.1, -0.05) is 6.07 Å². The van der Waals surface area contributed by atoms with Gasteiger partial charge in [0.05, 0.1) is 36.1 Å². The fourth-order valence-electron chi connectivity index (χ4n) is 3.34. The number of carbonyl (C=O) groups is 1. The molecule has 1 amide bonds. The highest BCUT2D eigenvalue weighted by Crippen LogP contribution is 2.34. The third-order valence-corrected chi connectivity index (χ3v) is 4.76. The zero-order chi connectivity index (χ0) is 21.8. The molecule has 2 aromatic heterocycles. The highest BCUT2D eigenvalue weighted by atomic mass is 16.5. The number of anilines is 1. The van der Waals surface area contributed by atoms with Crippen molar-refractivity contribution < 1.29 is 14.3 Å². The van der Waals surface area contributed by atoms with Gasteiger partial charge in [0.25, 0.3) is 0 Å². The molecule has 8 nitrogen and oxygen atoms in total. The van der Waals surface area contributed by atoms with Gasteiger partial charge in [-0.25, -0.2) is 9.67 Å². The molecule has 0 atom stereocenters. The van der Waals surface area contributed by atoms with E-state index in [0.717, 1.165) is 22.3 Å². The van der Waals surface area contributed by atoms with E-state index in [1.807, 2.05) is 67.1 Å². The second kappa shape index (κ2) is 8.91. The van der Waals surface area contributed by atoms with Crippen molar-refractivity contribution in [3.63, 3.8) is 0 Å². The number of methoxy groups -OCH3 is 1. The van der Waals surface area contributed by atoms with Gasteiger partial charge in [0.1, 0.15) is 11.5 Å². The van der Waals surface area contributed by atoms with Gasteiger partial charge in [-0.05, 0) is 50.2 Å². The van der Waals surface area contributed by atoms with Crippen molar-refractivity contribution in [2.24, 2.45) is 0 Å². The van der Waals surface area contributed by atoms with Crippen LogP contribution in [-0.4, -0.2) is 38.5 Å². The zero-order valence-electron chi connectivity index (χ0n) is 17.8. The van der Waals surface area contributed by atoms with Crippen LogP contribution in [0.2, 0.25) is 0 Å². The molecule has 8 heteroatoms. The zero-order valence-corrected chi connectivity index (χ0v) is 17.8. The van der Waals surface area contributed by atoms with Crippen LogP contribution < -0.4 is 14.8 Å². The summed E-state index contributed by atoms with van der Waals surface area (Å²) in [5, 5.41) is 8.44. The Kier molecular flexibility index (Phi) is 5.88. The topological polar surface area (TPSA) is 83.2 Å². The Balaban J connectivity index is 1.70. The maximum absolute atomic E-state index is 12.7. The Hall–Kier alpha value is -3.81. The Morgan fingerprint density at radius 1 is 1.16 bits per heavy atom. The average Bonchev–Trinajstić information content (AvgIpc) is 3.41. The van der Waals surface area contributed by atoms with Crippen molar-refractivity contribution in [1.82, 2.24) is 19.3 Å². The number of fused-ring (bicyclic) bond motifs is 1. The fraction of sp³-hybridized carbons (Fsp3) is 0.261. The van der Waals surface area contributed by atoms with Gasteiger partial charge in [-0.2, -0.15) is 0 Å². The molecule has 0 spiro atoms. The summed E-state index contributed by atoms with van der Waals surface area (Å²) in [5.74, 6) is 1.78. The molecule has 0 saturated carbocycles. The lowest BCUT2D eigenvalue weighted by Gasteiger charge is -2.12. The largest absolute Gasteiger partial charge is 0.497 e. The summed E-state index contributed by atoms with van der Waals surface area (Å²) in [5.41, 5.74) is 1.69. The van der Waals surface area contributed by atoms with Crippen LogP contribution >= 0.6 is 0 Å². The molecule has 1 N–H and O–H groups in total. The van der Waals surface area contributed by atoms with Gasteiger partial charge in [-0.3, -0.25) is 4.79 Å². The molecule has 0 bridgehead atoms. The Morgan fingerprint density at radius 2 is 1.97 bits per heavy atom. The summed E-state index contributed by atoms with van der Waals surface area (Å²) in [6, 6.07) is 13.4. The minimum Gasteiger partial charge on any atom is -0.497 e. The average molecular weight is 419 g/mol. The van der Waals surface area contributed by atoms with Gasteiger partial charge in [0.2, 0.25) is 5.91 Å². The molecule has 0 aliphatic heterocycles. The number of aryl methyl sites for hydroxylation is 1. The molecule has 0 aliphatic carbocycles. The van der Waals surface area contributed by atoms with E-state index in [-0.39, 0.29) is 12.0 Å². The second-order valence-corrected chi connectivity index (χ2v) is 7.37. The number of hydrogen-bond donors (Lipinski definition) is 1. The standard InChI is InChI=1S/C23H25N5O3/c1-16(2)31-20-6-4-5-19-22(20)23(25-21(29)11-13-27-14-12-24-15-27)26-28(19)17-7-9-18(30-3)10-8-17/h4-10,12,14-16H,11,13H2,1-3H3,(H,25,26,29). The molecule has 4 rings (SSSR count). The molecule has 2 aromatic carbocycles. The summed E-state index contributed by atoms with van der Waals surface area (Å²) in [6.45, 7) is 4.48. The van der Waals surface area contributed by atoms with Crippen LogP contribution in [0.1, 0.15) is 20.3 Å². The summed E-state index contributed by atoms with van der Waals surface area (Å²) in [6.07, 6.45) is 5.50. The third kappa shape index (κ3) is 4.53. The van der Waals surface area contributed by atoms with Crippen LogP contribution in [0.25, 0.3) is 16.6 Å². The number of carbonyl (C=O) groups excluding carboxylic acids is 1. The van der Waals surface area contributed by atoms with Crippen molar-refractivity contribution in [3.05, 3.63) is 61.2 Å². The minimum atomic E-state index is -0.130. The van der Waals surface area contributed by atoms with Crippen molar-refractivity contribution in [3.8, 4) is 17.2 Å². The summed E-state index contributed by atoms with van der Waals surface area (Å²) >= 11 is 0. The first-order valence-electron chi connectivity index (χ1n) is 10.1. The van der Waals surface area contributed by atoms with Crippen LogP contribution in [0.3, 0.4) is 0 Å². The fourth-order valence-corrected chi connectivity index (χ4v) is 3.34. The van der Waals surface area contributed by atoms with Crippen LogP contribution in [-0.2, 0) is 11.3 Å². The van der Waals surface area contributed by atoms with Crippen LogP contribution in [0, 0.1) is 0 Å². The van der Waals surface area contributed by atoms with E-state index >= 15 is 0 Å². The van der Waals surface area contributed by atoms with E-state index in [4.69, 9.17) is 14.6 Å². The molecular formula is C23H25N5O3. The number of nitrogens with one attached hydrogen (secondary N) is 1. The second-order valence-electron chi connectivity index (χ2n) is 7.37. The van der Waals surface area contributed by atoms with Gasteiger partial charge in [0.15, 0.2) is 5.82 Å². The predicted molar refractivity (Wildman–Crippen MR) is 119 cm³/mol. The first-order valence-corrected chi connectivity index (χ1v) is 10.1. The summed E-state index contributed by atoms with van der Waals surface area (Å²) < 4.78 is 14.9. The first-order chi connectivity index (χ1) is 15.0. The smallest absolute Gasteiger partial charge is 0.227 e. The number of rotatable bonds is 8. The van der Waals surface area contributed by atoms with E-state index in [1.54, 1.807) is 24.3 Å². The molecule has 0 radical (unpaired) electrons. The predicted octanol–water partition coefficient (Wildman–Crippen LogP) is 4.05. The molecular weight excluding hydrogens is 394 g/mol.